The fourth-order valence-electron chi connectivity index (χ4n) is 2.01. The van der Waals surface area contributed by atoms with Gasteiger partial charge in [-0.1, -0.05) is 0 Å². The van der Waals surface area contributed by atoms with Crippen LogP contribution in [0.15, 0.2) is 11.8 Å². The molecule has 0 saturated carbocycles. The Morgan fingerprint density at radius 1 is 1.53 bits per heavy atom. The second-order valence-electron chi connectivity index (χ2n) is 3.96. The van der Waals surface area contributed by atoms with Crippen molar-refractivity contribution in [3.05, 3.63) is 11.8 Å². The fourth-order valence-corrected chi connectivity index (χ4v) is 2.01. The molecule has 4 nitrogen and oxygen atoms in total. The molecule has 2 heterocycles. The Labute approximate surface area is 89.6 Å². The summed E-state index contributed by atoms with van der Waals surface area (Å²) in [6.45, 7) is 1.78. The van der Waals surface area contributed by atoms with Crippen LogP contribution in [0.3, 0.4) is 0 Å². The maximum atomic E-state index is 12.1. The van der Waals surface area contributed by atoms with Gasteiger partial charge < -0.3 is 14.8 Å². The molecule has 2 aliphatic rings. The summed E-state index contributed by atoms with van der Waals surface area (Å²) in [6, 6.07) is 0.129. The van der Waals surface area contributed by atoms with Crippen molar-refractivity contribution in [1.82, 2.24) is 5.32 Å². The van der Waals surface area contributed by atoms with Crippen LogP contribution in [-0.2, 0) is 14.3 Å². The Balaban J connectivity index is 2.03. The molecule has 1 N–H and O–H groups in total. The highest BCUT2D eigenvalue weighted by Crippen LogP contribution is 2.21. The van der Waals surface area contributed by atoms with Gasteiger partial charge in [0, 0.05) is 6.04 Å². The number of ether oxygens (including phenoxy) is 2. The maximum absolute atomic E-state index is 12.1. The summed E-state index contributed by atoms with van der Waals surface area (Å²) in [6.07, 6.45) is 3.85. The molecule has 2 rings (SSSR count). The van der Waals surface area contributed by atoms with Gasteiger partial charge in [-0.3, -0.25) is 4.79 Å². The number of nitrogens with one attached hydrogen (secondary N) is 1. The summed E-state index contributed by atoms with van der Waals surface area (Å²) in [5.74, 6) is 0.544. The van der Waals surface area contributed by atoms with Crippen molar-refractivity contribution in [1.29, 1.82) is 0 Å². The third-order valence-electron chi connectivity index (χ3n) is 2.97. The molecular weight excluding hydrogens is 194 g/mol. The molecule has 84 valence electrons. The van der Waals surface area contributed by atoms with Crippen LogP contribution >= 0.6 is 0 Å². The zero-order chi connectivity index (χ0) is 10.7. The summed E-state index contributed by atoms with van der Waals surface area (Å²) in [7, 11) is 1.86. The molecule has 2 atom stereocenters. The predicted molar refractivity (Wildman–Crippen MR) is 55.4 cm³/mol. The van der Waals surface area contributed by atoms with E-state index in [4.69, 9.17) is 9.47 Å². The largest absolute Gasteiger partial charge is 0.490 e. The van der Waals surface area contributed by atoms with Gasteiger partial charge in [-0.2, -0.15) is 0 Å². The molecular formula is C11H17NO3. The van der Waals surface area contributed by atoms with Crippen LogP contribution in [0.1, 0.15) is 12.8 Å². The SMILES string of the molecule is CNC1COCC1C(=O)C1=CCCCO1. The van der Waals surface area contributed by atoms with Gasteiger partial charge in [0.05, 0.1) is 25.7 Å². The molecule has 0 aliphatic carbocycles. The monoisotopic (exact) mass is 211 g/mol. The summed E-state index contributed by atoms with van der Waals surface area (Å²) < 4.78 is 10.7. The third-order valence-corrected chi connectivity index (χ3v) is 2.97. The molecule has 1 fully saturated rings. The van der Waals surface area contributed by atoms with Crippen LogP contribution in [-0.4, -0.2) is 38.7 Å². The normalized spacial score (nSPS) is 30.9. The summed E-state index contributed by atoms with van der Waals surface area (Å²) >= 11 is 0. The number of rotatable bonds is 3. The molecule has 0 spiro atoms. The molecule has 15 heavy (non-hydrogen) atoms. The molecule has 0 aromatic heterocycles. The second kappa shape index (κ2) is 4.77. The minimum absolute atomic E-state index is 0.0839. The van der Waals surface area contributed by atoms with E-state index in [1.54, 1.807) is 0 Å². The Bertz CT molecular complexity index is 275. The van der Waals surface area contributed by atoms with E-state index < -0.39 is 0 Å². The van der Waals surface area contributed by atoms with Crippen molar-refractivity contribution in [3.8, 4) is 0 Å². The minimum atomic E-state index is -0.0839. The van der Waals surface area contributed by atoms with E-state index in [1.165, 1.54) is 0 Å². The van der Waals surface area contributed by atoms with Gasteiger partial charge in [0.15, 0.2) is 5.76 Å². The number of carbonyl (C=O) groups excluding carboxylic acids is 1. The second-order valence-corrected chi connectivity index (χ2v) is 3.96. The van der Waals surface area contributed by atoms with Gasteiger partial charge in [-0.25, -0.2) is 0 Å². The van der Waals surface area contributed by atoms with Crippen LogP contribution < -0.4 is 5.32 Å². The number of carbonyl (C=O) groups is 1. The molecule has 0 radical (unpaired) electrons. The van der Waals surface area contributed by atoms with Crippen LogP contribution in [0.25, 0.3) is 0 Å². The summed E-state index contributed by atoms with van der Waals surface area (Å²) in [5.41, 5.74) is 0. The molecule has 0 amide bonds. The van der Waals surface area contributed by atoms with Gasteiger partial charge in [0.1, 0.15) is 0 Å². The third kappa shape index (κ3) is 2.21. The van der Waals surface area contributed by atoms with Gasteiger partial charge in [0.2, 0.25) is 5.78 Å². The lowest BCUT2D eigenvalue weighted by molar-refractivity contribution is -0.123. The molecule has 2 unspecified atom stereocenters. The van der Waals surface area contributed by atoms with Crippen LogP contribution in [0.4, 0.5) is 0 Å². The Morgan fingerprint density at radius 2 is 2.40 bits per heavy atom. The van der Waals surface area contributed by atoms with Crippen molar-refractivity contribution < 1.29 is 14.3 Å². The first-order chi connectivity index (χ1) is 7.33. The number of likely N-dealkylation sites (N-methyl/N-ethyl adjacent to an activating group) is 1. The van der Waals surface area contributed by atoms with E-state index in [2.05, 4.69) is 5.32 Å². The molecule has 4 heteroatoms. The lowest BCUT2D eigenvalue weighted by Gasteiger charge is -2.19. The van der Waals surface area contributed by atoms with E-state index in [1.807, 2.05) is 13.1 Å². The first kappa shape index (κ1) is 10.6. The minimum Gasteiger partial charge on any atom is -0.490 e. The quantitative estimate of drug-likeness (QED) is 0.738. The van der Waals surface area contributed by atoms with E-state index in [0.717, 1.165) is 12.8 Å². The van der Waals surface area contributed by atoms with Gasteiger partial charge in [-0.05, 0) is 26.0 Å². The highest BCUT2D eigenvalue weighted by atomic mass is 16.5. The van der Waals surface area contributed by atoms with E-state index >= 15 is 0 Å². The fraction of sp³-hybridized carbons (Fsp3) is 0.727. The van der Waals surface area contributed by atoms with Crippen LogP contribution in [0.2, 0.25) is 0 Å². The maximum Gasteiger partial charge on any atom is 0.204 e. The average molecular weight is 211 g/mol. The van der Waals surface area contributed by atoms with Gasteiger partial charge in [-0.15, -0.1) is 0 Å². The zero-order valence-electron chi connectivity index (χ0n) is 8.99. The zero-order valence-corrected chi connectivity index (χ0v) is 8.99. The first-order valence-corrected chi connectivity index (χ1v) is 5.45. The highest BCUT2D eigenvalue weighted by molar-refractivity contribution is 5.96. The van der Waals surface area contributed by atoms with E-state index in [0.29, 0.717) is 25.6 Å². The van der Waals surface area contributed by atoms with Crippen molar-refractivity contribution in [2.45, 2.75) is 18.9 Å². The lowest BCUT2D eigenvalue weighted by atomic mass is 9.96. The number of ketones is 1. The molecule has 0 aromatic carbocycles. The Morgan fingerprint density at radius 3 is 3.07 bits per heavy atom. The number of hydrogen-bond acceptors (Lipinski definition) is 4. The van der Waals surface area contributed by atoms with E-state index in [-0.39, 0.29) is 17.7 Å². The molecule has 0 bridgehead atoms. The Hall–Kier alpha value is -0.870. The van der Waals surface area contributed by atoms with Crippen molar-refractivity contribution in [2.75, 3.05) is 26.9 Å². The molecule has 2 aliphatic heterocycles. The van der Waals surface area contributed by atoms with Crippen molar-refractivity contribution >= 4 is 5.78 Å². The molecule has 0 aromatic rings. The highest BCUT2D eigenvalue weighted by Gasteiger charge is 2.35. The summed E-state index contributed by atoms with van der Waals surface area (Å²) in [4.78, 5) is 12.1. The first-order valence-electron chi connectivity index (χ1n) is 5.45. The molecule has 1 saturated heterocycles. The van der Waals surface area contributed by atoms with Crippen molar-refractivity contribution in [2.24, 2.45) is 5.92 Å². The topological polar surface area (TPSA) is 47.6 Å². The smallest absolute Gasteiger partial charge is 0.204 e. The number of allylic oxidation sites excluding steroid dienone is 2. The standard InChI is InChI=1S/C11H17NO3/c1-12-9-7-14-6-8(9)11(13)10-4-2-3-5-15-10/h4,8-9,12H,2-3,5-7H2,1H3. The predicted octanol–water partition coefficient (Wildman–Crippen LogP) is 0.484. The Kier molecular flexibility index (Phi) is 3.38. The van der Waals surface area contributed by atoms with Crippen LogP contribution in [0.5, 0.6) is 0 Å². The van der Waals surface area contributed by atoms with Crippen molar-refractivity contribution in [3.63, 3.8) is 0 Å². The summed E-state index contributed by atoms with van der Waals surface area (Å²) in [5, 5.41) is 3.11. The van der Waals surface area contributed by atoms with Gasteiger partial charge >= 0.3 is 0 Å². The van der Waals surface area contributed by atoms with E-state index in [9.17, 15) is 4.79 Å². The number of Topliss-reactive ketones (excluding diaryl/α,β-unsaturated/α-hetero) is 1. The lowest BCUT2D eigenvalue weighted by Crippen LogP contribution is -2.38. The number of hydrogen-bond donors (Lipinski definition) is 1. The van der Waals surface area contributed by atoms with Gasteiger partial charge in [0.25, 0.3) is 0 Å². The average Bonchev–Trinajstić information content (AvgIpc) is 2.77. The van der Waals surface area contributed by atoms with Crippen LogP contribution in [0, 0.1) is 5.92 Å².